The highest BCUT2D eigenvalue weighted by Crippen LogP contribution is 2.27. The van der Waals surface area contributed by atoms with E-state index in [1.165, 1.54) is 5.56 Å². The molecule has 33 heavy (non-hydrogen) atoms. The molecule has 1 saturated heterocycles. The highest BCUT2D eigenvalue weighted by molar-refractivity contribution is 5.93. The number of piperidine rings is 1. The van der Waals surface area contributed by atoms with Gasteiger partial charge in [0.25, 0.3) is 5.91 Å². The zero-order valence-corrected chi connectivity index (χ0v) is 19.8. The van der Waals surface area contributed by atoms with Gasteiger partial charge in [-0.2, -0.15) is 5.10 Å². The van der Waals surface area contributed by atoms with E-state index in [9.17, 15) is 4.79 Å². The van der Waals surface area contributed by atoms with E-state index in [0.29, 0.717) is 17.8 Å². The Morgan fingerprint density at radius 2 is 2.03 bits per heavy atom. The largest absolute Gasteiger partial charge is 0.496 e. The number of rotatable bonds is 7. The molecule has 174 valence electrons. The molecule has 1 aliphatic heterocycles. The van der Waals surface area contributed by atoms with E-state index in [2.05, 4.69) is 45.1 Å². The summed E-state index contributed by atoms with van der Waals surface area (Å²) in [4.78, 5) is 23.0. The first kappa shape index (κ1) is 22.9. The van der Waals surface area contributed by atoms with Gasteiger partial charge in [-0.25, -0.2) is 9.97 Å². The first-order valence-electron chi connectivity index (χ1n) is 11.4. The van der Waals surface area contributed by atoms with Crippen molar-refractivity contribution in [3.05, 3.63) is 70.1 Å². The Morgan fingerprint density at radius 1 is 1.21 bits per heavy atom. The summed E-state index contributed by atoms with van der Waals surface area (Å²) in [6.45, 7) is 9.34. The number of benzene rings is 1. The third-order valence-electron chi connectivity index (χ3n) is 6.31. The van der Waals surface area contributed by atoms with Crippen molar-refractivity contribution in [3.8, 4) is 5.75 Å². The summed E-state index contributed by atoms with van der Waals surface area (Å²) in [7, 11) is 1.71. The molecule has 0 bridgehead atoms. The molecule has 0 radical (unpaired) electrons. The lowest BCUT2D eigenvalue weighted by Gasteiger charge is -2.32. The van der Waals surface area contributed by atoms with Gasteiger partial charge >= 0.3 is 0 Å². The molecule has 4 rings (SSSR count). The average Bonchev–Trinajstić information content (AvgIpc) is 3.10. The molecule has 3 aromatic rings. The number of aryl methyl sites for hydroxylation is 3. The molecule has 0 spiro atoms. The van der Waals surface area contributed by atoms with Crippen molar-refractivity contribution in [1.82, 2.24) is 24.6 Å². The lowest BCUT2D eigenvalue weighted by molar-refractivity contribution is 0.0998. The summed E-state index contributed by atoms with van der Waals surface area (Å²) in [6, 6.07) is 8.49. The fourth-order valence-electron chi connectivity index (χ4n) is 4.64. The van der Waals surface area contributed by atoms with Gasteiger partial charge in [0, 0.05) is 36.5 Å². The molecule has 1 unspecified atom stereocenters. The van der Waals surface area contributed by atoms with Gasteiger partial charge in [0.15, 0.2) is 0 Å². The molecular formula is C25H32N6O2. The van der Waals surface area contributed by atoms with Crippen LogP contribution in [0.1, 0.15) is 63.2 Å². The summed E-state index contributed by atoms with van der Waals surface area (Å²) in [5.41, 5.74) is 11.0. The molecule has 8 nitrogen and oxygen atoms in total. The molecule has 0 aliphatic carbocycles. The molecule has 1 atom stereocenters. The number of methoxy groups -OCH3 is 1. The van der Waals surface area contributed by atoms with Crippen LogP contribution in [0.5, 0.6) is 5.75 Å². The standard InChI is InChI=1S/C25H32N6O2/c1-16-10-17(2)31(29-16)15-21-11-19(7-8-23(21)33-4)13-30-9-5-6-20(14-30)25-27-12-22(24(26)32)18(3)28-25/h7-8,10-12,20H,5-6,9,13-15H2,1-4H3,(H2,26,32). The molecular weight excluding hydrogens is 416 g/mol. The normalized spacial score (nSPS) is 16.7. The maximum atomic E-state index is 11.5. The van der Waals surface area contributed by atoms with Crippen molar-refractivity contribution >= 4 is 5.91 Å². The number of nitrogens with two attached hydrogens (primary N) is 1. The number of likely N-dealkylation sites (tertiary alicyclic amines) is 1. The number of aromatic nitrogens is 4. The summed E-state index contributed by atoms with van der Waals surface area (Å²) >= 11 is 0. The van der Waals surface area contributed by atoms with Crippen LogP contribution >= 0.6 is 0 Å². The number of hydrogen-bond donors (Lipinski definition) is 1. The summed E-state index contributed by atoms with van der Waals surface area (Å²) in [5.74, 6) is 1.43. The number of nitrogens with zero attached hydrogens (tertiary/aromatic N) is 5. The van der Waals surface area contributed by atoms with Crippen molar-refractivity contribution in [1.29, 1.82) is 0 Å². The topological polar surface area (TPSA) is 99.2 Å². The van der Waals surface area contributed by atoms with E-state index < -0.39 is 5.91 Å². The molecule has 2 aromatic heterocycles. The first-order chi connectivity index (χ1) is 15.8. The van der Waals surface area contributed by atoms with Crippen molar-refractivity contribution in [2.75, 3.05) is 20.2 Å². The van der Waals surface area contributed by atoms with Crippen molar-refractivity contribution in [3.63, 3.8) is 0 Å². The predicted octanol–water partition coefficient (Wildman–Crippen LogP) is 3.13. The quantitative estimate of drug-likeness (QED) is 0.596. The van der Waals surface area contributed by atoms with Crippen LogP contribution in [-0.2, 0) is 13.1 Å². The monoisotopic (exact) mass is 448 g/mol. The van der Waals surface area contributed by atoms with Gasteiger partial charge in [0.1, 0.15) is 11.6 Å². The van der Waals surface area contributed by atoms with Gasteiger partial charge in [-0.1, -0.05) is 6.07 Å². The highest BCUT2D eigenvalue weighted by atomic mass is 16.5. The minimum Gasteiger partial charge on any atom is -0.496 e. The first-order valence-corrected chi connectivity index (χ1v) is 11.4. The lowest BCUT2D eigenvalue weighted by atomic mass is 9.96. The van der Waals surface area contributed by atoms with Crippen LogP contribution in [0, 0.1) is 20.8 Å². The molecule has 1 aliphatic rings. The van der Waals surface area contributed by atoms with Crippen LogP contribution in [0.3, 0.4) is 0 Å². The lowest BCUT2D eigenvalue weighted by Crippen LogP contribution is -2.34. The fraction of sp³-hybridized carbons (Fsp3) is 0.440. The Kier molecular flexibility index (Phi) is 6.74. The molecule has 3 heterocycles. The van der Waals surface area contributed by atoms with Gasteiger partial charge in [-0.05, 0) is 63.9 Å². The summed E-state index contributed by atoms with van der Waals surface area (Å²) in [5, 5.41) is 4.60. The van der Waals surface area contributed by atoms with E-state index in [4.69, 9.17) is 10.5 Å². The fourth-order valence-corrected chi connectivity index (χ4v) is 4.64. The van der Waals surface area contributed by atoms with Crippen molar-refractivity contribution < 1.29 is 9.53 Å². The van der Waals surface area contributed by atoms with Crippen LogP contribution in [0.2, 0.25) is 0 Å². The van der Waals surface area contributed by atoms with E-state index in [-0.39, 0.29) is 5.92 Å². The summed E-state index contributed by atoms with van der Waals surface area (Å²) < 4.78 is 7.63. The number of hydrogen-bond acceptors (Lipinski definition) is 6. The molecule has 8 heteroatoms. The maximum Gasteiger partial charge on any atom is 0.252 e. The minimum atomic E-state index is -0.486. The number of primary amides is 1. The van der Waals surface area contributed by atoms with Gasteiger partial charge in [-0.15, -0.1) is 0 Å². The molecule has 1 aromatic carbocycles. The predicted molar refractivity (Wildman–Crippen MR) is 126 cm³/mol. The molecule has 2 N–H and O–H groups in total. The third kappa shape index (κ3) is 5.22. The van der Waals surface area contributed by atoms with Gasteiger partial charge in [0.2, 0.25) is 0 Å². The van der Waals surface area contributed by atoms with E-state index in [1.54, 1.807) is 13.3 Å². The van der Waals surface area contributed by atoms with E-state index >= 15 is 0 Å². The second-order valence-electron chi connectivity index (χ2n) is 8.90. The van der Waals surface area contributed by atoms with Gasteiger partial charge in [0.05, 0.1) is 30.6 Å². The second-order valence-corrected chi connectivity index (χ2v) is 8.90. The van der Waals surface area contributed by atoms with Crippen LogP contribution in [0.4, 0.5) is 0 Å². The SMILES string of the molecule is COc1ccc(CN2CCCC(c3ncc(C(N)=O)c(C)n3)C2)cc1Cn1nc(C)cc1C. The summed E-state index contributed by atoms with van der Waals surface area (Å²) in [6.07, 6.45) is 3.69. The zero-order chi connectivity index (χ0) is 23.5. The Labute approximate surface area is 194 Å². The highest BCUT2D eigenvalue weighted by Gasteiger charge is 2.24. The van der Waals surface area contributed by atoms with Crippen molar-refractivity contribution in [2.24, 2.45) is 5.73 Å². The minimum absolute atomic E-state index is 0.242. The molecule has 1 fully saturated rings. The van der Waals surface area contributed by atoms with Crippen molar-refractivity contribution in [2.45, 2.75) is 52.6 Å². The van der Waals surface area contributed by atoms with Crippen LogP contribution in [-0.4, -0.2) is 50.8 Å². The van der Waals surface area contributed by atoms with Gasteiger partial charge in [-0.3, -0.25) is 14.4 Å². The zero-order valence-electron chi connectivity index (χ0n) is 19.8. The Hall–Kier alpha value is -3.26. The second kappa shape index (κ2) is 9.70. The Morgan fingerprint density at radius 3 is 2.70 bits per heavy atom. The van der Waals surface area contributed by atoms with E-state index in [0.717, 1.165) is 61.0 Å². The average molecular weight is 449 g/mol. The maximum absolute atomic E-state index is 11.5. The molecule has 1 amide bonds. The number of ether oxygens (including phenoxy) is 1. The Bertz CT molecular complexity index is 1160. The number of amides is 1. The Balaban J connectivity index is 1.48. The number of carbonyl (C=O) groups excluding carboxylic acids is 1. The van der Waals surface area contributed by atoms with E-state index in [1.807, 2.05) is 24.6 Å². The molecule has 0 saturated carbocycles. The van der Waals surface area contributed by atoms with Gasteiger partial charge < -0.3 is 10.5 Å². The van der Waals surface area contributed by atoms with Crippen LogP contribution < -0.4 is 10.5 Å². The van der Waals surface area contributed by atoms with Crippen LogP contribution in [0.25, 0.3) is 0 Å². The smallest absolute Gasteiger partial charge is 0.252 e. The third-order valence-corrected chi connectivity index (χ3v) is 6.31. The number of carbonyl (C=O) groups is 1. The van der Waals surface area contributed by atoms with Crippen LogP contribution in [0.15, 0.2) is 30.5 Å².